The van der Waals surface area contributed by atoms with Crippen LogP contribution < -0.4 is 11.3 Å². The van der Waals surface area contributed by atoms with E-state index in [1.54, 1.807) is 24.7 Å². The maximum Gasteiger partial charge on any atom is 0.223 e. The molecular weight excluding hydrogens is 878 g/mol. The van der Waals surface area contributed by atoms with Gasteiger partial charge in [0.25, 0.3) is 0 Å². The molecule has 0 aromatic carbocycles. The average molecular weight is 910 g/mol. The summed E-state index contributed by atoms with van der Waals surface area (Å²) in [5.74, 6) is 4.83. The first-order valence-corrected chi connectivity index (χ1v) is 16.3. The normalized spacial score (nSPS) is 14.3. The number of aromatic amines is 1. The smallest absolute Gasteiger partial charge is 0.223 e. The standard InChI is InChI=1S/C12H18BrN3O2.C6H3BrFNO.C6H4BrN3.C5H3BrFN.CH4/c1-11(2)12(3,4)18-10(17-11)8-5-7(13)6-15-9(8)16-14;7-5-1-4(3-10)6(8)9-2-5;7-5-1-4-2-9-10-6(4)8-3-5;6-4-1-2-5(7)8-3-4;/h5-6,10H,14H2,1-4H3,(H,15,16);1-3H;1-3H,(H,8,9,10);1-3H;1H4. The highest BCUT2D eigenvalue weighted by atomic mass is 79.9. The number of nitrogens with zero attached hydrogens (tertiary/aromatic N) is 5. The molecule has 4 N–H and O–H groups in total. The maximum absolute atomic E-state index is 12.4. The second kappa shape index (κ2) is 18.1. The number of H-pyrrole nitrogens is 1. The van der Waals surface area contributed by atoms with Gasteiger partial charge < -0.3 is 14.9 Å². The number of carbonyl (C=O) groups excluding carboxylic acids is 1. The van der Waals surface area contributed by atoms with Crippen LogP contribution in [0.4, 0.5) is 14.6 Å². The number of ether oxygens (including phenoxy) is 2. The quantitative estimate of drug-likeness (QED) is 0.0693. The van der Waals surface area contributed by atoms with Crippen LogP contribution >= 0.6 is 63.7 Å². The highest BCUT2D eigenvalue weighted by Crippen LogP contribution is 2.46. The zero-order valence-corrected chi connectivity index (χ0v) is 31.1. The number of nitrogens with one attached hydrogen (secondary N) is 2. The predicted octanol–water partition coefficient (Wildman–Crippen LogP) is 8.87. The first-order chi connectivity index (χ1) is 21.7. The van der Waals surface area contributed by atoms with E-state index in [0.717, 1.165) is 30.0 Å². The van der Waals surface area contributed by atoms with E-state index < -0.39 is 18.2 Å². The van der Waals surface area contributed by atoms with Gasteiger partial charge in [-0.1, -0.05) is 7.43 Å². The lowest BCUT2D eigenvalue weighted by molar-refractivity contribution is -0.0892. The van der Waals surface area contributed by atoms with Crippen LogP contribution in [0.25, 0.3) is 11.0 Å². The lowest BCUT2D eigenvalue weighted by Gasteiger charge is -2.30. The van der Waals surface area contributed by atoms with Crippen molar-refractivity contribution in [2.75, 3.05) is 5.43 Å². The molecule has 1 fully saturated rings. The molecule has 5 aromatic rings. The minimum absolute atomic E-state index is 0. The summed E-state index contributed by atoms with van der Waals surface area (Å²) in [4.78, 5) is 25.0. The van der Waals surface area contributed by atoms with E-state index in [0.29, 0.717) is 16.6 Å². The molecule has 1 saturated heterocycles. The fourth-order valence-corrected chi connectivity index (χ4v) is 4.70. The number of rotatable bonds is 3. The first kappa shape index (κ1) is 40.4. The number of hydrogen-bond donors (Lipinski definition) is 3. The number of pyridine rings is 4. The number of halogens is 6. The van der Waals surface area contributed by atoms with Crippen molar-refractivity contribution >= 4 is 86.9 Å². The summed E-state index contributed by atoms with van der Waals surface area (Å²) in [6, 6.07) is 8.12. The molecule has 0 bridgehead atoms. The molecule has 0 atom stereocenters. The van der Waals surface area contributed by atoms with Gasteiger partial charge >= 0.3 is 0 Å². The molecule has 1 aliphatic rings. The zero-order chi connectivity index (χ0) is 34.1. The number of hydrazine groups is 1. The second-order valence-electron chi connectivity index (χ2n) is 10.2. The zero-order valence-electron chi connectivity index (χ0n) is 24.7. The van der Waals surface area contributed by atoms with E-state index in [9.17, 15) is 13.6 Å². The number of fused-ring (bicyclic) bond motifs is 1. The molecule has 47 heavy (non-hydrogen) atoms. The minimum Gasteiger partial charge on any atom is -0.339 e. The second-order valence-corrected chi connectivity index (χ2v) is 13.9. The van der Waals surface area contributed by atoms with Gasteiger partial charge in [0.2, 0.25) is 11.9 Å². The van der Waals surface area contributed by atoms with Gasteiger partial charge in [0.1, 0.15) is 5.82 Å². The van der Waals surface area contributed by atoms with Crippen LogP contribution in [0.3, 0.4) is 0 Å². The summed E-state index contributed by atoms with van der Waals surface area (Å²) in [6.45, 7) is 8.03. The molecule has 0 aliphatic carbocycles. The van der Waals surface area contributed by atoms with Crippen molar-refractivity contribution in [2.45, 2.75) is 52.6 Å². The highest BCUT2D eigenvalue weighted by Gasteiger charge is 2.50. The molecule has 5 aromatic heterocycles. The van der Waals surface area contributed by atoms with Crippen molar-refractivity contribution in [3.05, 3.63) is 102 Å². The topological polar surface area (TPSA) is 154 Å². The van der Waals surface area contributed by atoms with Gasteiger partial charge in [-0.25, -0.2) is 25.8 Å². The Kier molecular flexibility index (Phi) is 15.5. The number of hydrogen-bond acceptors (Lipinski definition) is 10. The molecule has 17 heteroatoms. The Morgan fingerprint density at radius 1 is 0.830 bits per heavy atom. The first-order valence-electron chi connectivity index (χ1n) is 13.1. The van der Waals surface area contributed by atoms with Gasteiger partial charge in [0, 0.05) is 48.1 Å². The molecule has 0 amide bonds. The SMILES string of the molecule is Brc1cnc2[nH]ncc2c1.C.CC1(C)OC(c2cc(Br)cnc2NN)OC1(C)C.Fc1ccc(Br)cn1.O=Cc1cc(Br)cnc1F. The highest BCUT2D eigenvalue weighted by molar-refractivity contribution is 9.11. The minimum atomic E-state index is -0.738. The molecule has 0 radical (unpaired) electrons. The Hall–Kier alpha value is -2.80. The van der Waals surface area contributed by atoms with Crippen LogP contribution in [-0.2, 0) is 9.47 Å². The van der Waals surface area contributed by atoms with Gasteiger partial charge in [0.05, 0.1) is 28.5 Å². The van der Waals surface area contributed by atoms with Gasteiger partial charge in [-0.15, -0.1) is 0 Å². The van der Waals surface area contributed by atoms with E-state index in [2.05, 4.69) is 99.3 Å². The van der Waals surface area contributed by atoms with Crippen molar-refractivity contribution in [1.82, 2.24) is 30.1 Å². The van der Waals surface area contributed by atoms with Crippen LogP contribution in [0, 0.1) is 11.9 Å². The Morgan fingerprint density at radius 2 is 1.40 bits per heavy atom. The van der Waals surface area contributed by atoms with Gasteiger partial charge in [0.15, 0.2) is 18.2 Å². The van der Waals surface area contributed by atoms with Gasteiger partial charge in [-0.2, -0.15) is 13.9 Å². The molecule has 1 aliphatic heterocycles. The fourth-order valence-electron chi connectivity index (χ4n) is 3.41. The molecule has 252 valence electrons. The Labute approximate surface area is 304 Å². The summed E-state index contributed by atoms with van der Waals surface area (Å²) >= 11 is 12.9. The summed E-state index contributed by atoms with van der Waals surface area (Å²) in [7, 11) is 0. The van der Waals surface area contributed by atoms with Gasteiger partial charge in [-0.3, -0.25) is 9.89 Å². The van der Waals surface area contributed by atoms with Crippen molar-refractivity contribution < 1.29 is 23.0 Å². The third kappa shape index (κ3) is 11.7. The third-order valence-electron chi connectivity index (χ3n) is 6.44. The van der Waals surface area contributed by atoms with Crippen LogP contribution in [0.15, 0.2) is 79.2 Å². The van der Waals surface area contributed by atoms with Crippen LogP contribution in [0.2, 0.25) is 0 Å². The number of nitrogen functional groups attached to an aromatic ring is 1. The van der Waals surface area contributed by atoms with Crippen molar-refractivity contribution in [3.63, 3.8) is 0 Å². The molecule has 0 unspecified atom stereocenters. The van der Waals surface area contributed by atoms with Crippen LogP contribution in [0.5, 0.6) is 0 Å². The van der Waals surface area contributed by atoms with E-state index in [1.165, 1.54) is 24.5 Å². The monoisotopic (exact) mass is 906 g/mol. The number of nitrogens with two attached hydrogens (primary N) is 1. The van der Waals surface area contributed by atoms with Crippen LogP contribution in [-0.4, -0.2) is 47.6 Å². The van der Waals surface area contributed by atoms with E-state index in [1.807, 2.05) is 39.8 Å². The molecule has 6 heterocycles. The number of anilines is 1. The van der Waals surface area contributed by atoms with Crippen molar-refractivity contribution in [2.24, 2.45) is 5.84 Å². The Morgan fingerprint density at radius 3 is 1.96 bits per heavy atom. The lowest BCUT2D eigenvalue weighted by Crippen LogP contribution is -2.41. The summed E-state index contributed by atoms with van der Waals surface area (Å²) in [5, 5.41) is 7.62. The maximum atomic E-state index is 12.4. The van der Waals surface area contributed by atoms with Crippen LogP contribution in [0.1, 0.15) is 57.3 Å². The Bertz CT molecular complexity index is 1720. The molecular formula is C30H32Br4F2N8O3. The number of aromatic nitrogens is 6. The van der Waals surface area contributed by atoms with Gasteiger partial charge in [-0.05, 0) is 122 Å². The number of carbonyl (C=O) groups is 1. The van der Waals surface area contributed by atoms with E-state index in [-0.39, 0.29) is 24.2 Å². The Balaban J connectivity index is 0.000000228. The van der Waals surface area contributed by atoms with E-state index in [4.69, 9.17) is 15.3 Å². The molecule has 6 rings (SSSR count). The largest absolute Gasteiger partial charge is 0.339 e. The molecule has 0 spiro atoms. The third-order valence-corrected chi connectivity index (χ3v) is 8.21. The average Bonchev–Trinajstić information content (AvgIpc) is 3.56. The molecule has 0 saturated carbocycles. The lowest BCUT2D eigenvalue weighted by atomic mass is 9.90. The van der Waals surface area contributed by atoms with Crippen molar-refractivity contribution in [1.29, 1.82) is 0 Å². The summed E-state index contributed by atoms with van der Waals surface area (Å²) in [5.41, 5.74) is 3.37. The van der Waals surface area contributed by atoms with E-state index >= 15 is 0 Å². The summed E-state index contributed by atoms with van der Waals surface area (Å²) in [6.07, 6.45) is 7.80. The number of aldehydes is 1. The van der Waals surface area contributed by atoms with Crippen molar-refractivity contribution in [3.8, 4) is 0 Å². The summed E-state index contributed by atoms with van der Waals surface area (Å²) < 4.78 is 39.5. The predicted molar refractivity (Wildman–Crippen MR) is 190 cm³/mol. The molecule has 11 nitrogen and oxygen atoms in total. The fraction of sp³-hybridized carbons (Fsp3) is 0.267.